The van der Waals surface area contributed by atoms with Gasteiger partial charge in [0.25, 0.3) is 17.8 Å². The van der Waals surface area contributed by atoms with Crippen molar-refractivity contribution in [3.8, 4) is 0 Å². The third-order valence-corrected chi connectivity index (χ3v) is 5.68. The average molecular weight is 508 g/mol. The van der Waals surface area contributed by atoms with E-state index in [4.69, 9.17) is 16.3 Å². The zero-order valence-corrected chi connectivity index (χ0v) is 20.8. The third-order valence-electron chi connectivity index (χ3n) is 5.36. The topological polar surface area (TPSA) is 71.5 Å². The van der Waals surface area contributed by atoms with E-state index in [-0.39, 0.29) is 39.9 Å². The molecule has 2 rings (SSSR count). The second-order valence-electron chi connectivity index (χ2n) is 9.40. The monoisotopic (exact) mass is 507 g/mol. The molecule has 6 nitrogen and oxygen atoms in total. The van der Waals surface area contributed by atoms with E-state index in [1.165, 1.54) is 24.0 Å². The van der Waals surface area contributed by atoms with Gasteiger partial charge in [0, 0.05) is 43.6 Å². The molecule has 1 aromatic heterocycles. The predicted octanol–water partition coefficient (Wildman–Crippen LogP) is 4.13. The molecular formula is C23H30ClF4N3O3. The molecule has 0 radical (unpaired) electrons. The van der Waals surface area contributed by atoms with Gasteiger partial charge >= 0.3 is 6.09 Å². The predicted molar refractivity (Wildman–Crippen MR) is 122 cm³/mol. The fourth-order valence-electron chi connectivity index (χ4n) is 3.48. The Morgan fingerprint density at radius 2 is 1.94 bits per heavy atom. The highest BCUT2D eigenvalue weighted by atomic mass is 35.5. The number of aromatic nitrogens is 1. The van der Waals surface area contributed by atoms with Crippen LogP contribution in [-0.2, 0) is 4.74 Å². The van der Waals surface area contributed by atoms with Crippen LogP contribution in [0.4, 0.5) is 22.4 Å². The summed E-state index contributed by atoms with van der Waals surface area (Å²) in [6, 6.07) is 0.187. The Balaban J connectivity index is 2.32. The highest BCUT2D eigenvalue weighted by molar-refractivity contribution is 6.31. The fourth-order valence-corrected chi connectivity index (χ4v) is 3.78. The Morgan fingerprint density at radius 1 is 1.32 bits per heavy atom. The first-order valence-electron chi connectivity index (χ1n) is 10.8. The van der Waals surface area contributed by atoms with Crippen molar-refractivity contribution in [2.75, 3.05) is 13.1 Å². The van der Waals surface area contributed by atoms with Crippen LogP contribution in [0.5, 0.6) is 0 Å². The van der Waals surface area contributed by atoms with Crippen molar-refractivity contribution >= 4 is 35.3 Å². The Kier molecular flexibility index (Phi) is 8.28. The largest absolute Gasteiger partial charge is 0.444 e. The number of pyridine rings is 1. The SMILES string of the molecule is CC=c1c(Cl)cc(C(=O)NCC2CC(F)(F)CCN2C(=O)OC(C)(C)C)nc1=C(C)C(C)(F)F. The van der Waals surface area contributed by atoms with Gasteiger partial charge in [-0.05, 0) is 40.7 Å². The van der Waals surface area contributed by atoms with Crippen molar-refractivity contribution in [2.24, 2.45) is 0 Å². The molecule has 0 aliphatic carbocycles. The molecule has 1 aromatic rings. The van der Waals surface area contributed by atoms with Gasteiger partial charge in [0.05, 0.1) is 16.4 Å². The van der Waals surface area contributed by atoms with Crippen LogP contribution in [-0.4, -0.2) is 58.5 Å². The molecule has 1 fully saturated rings. The van der Waals surface area contributed by atoms with Crippen LogP contribution in [0, 0.1) is 0 Å². The molecule has 1 N–H and O–H groups in total. The number of hydrogen-bond acceptors (Lipinski definition) is 4. The maximum absolute atomic E-state index is 14.1. The lowest BCUT2D eigenvalue weighted by molar-refractivity contribution is -0.0790. The van der Waals surface area contributed by atoms with Gasteiger partial charge in [-0.25, -0.2) is 27.3 Å². The Bertz CT molecular complexity index is 1060. The van der Waals surface area contributed by atoms with Crippen molar-refractivity contribution in [2.45, 2.75) is 77.9 Å². The van der Waals surface area contributed by atoms with Crippen molar-refractivity contribution < 1.29 is 31.9 Å². The van der Waals surface area contributed by atoms with Crippen LogP contribution in [0.1, 0.15) is 64.9 Å². The van der Waals surface area contributed by atoms with E-state index in [9.17, 15) is 27.2 Å². The molecule has 2 amide bonds. The van der Waals surface area contributed by atoms with E-state index in [2.05, 4.69) is 10.3 Å². The van der Waals surface area contributed by atoms with Crippen LogP contribution in [0.15, 0.2) is 6.07 Å². The molecule has 0 spiro atoms. The minimum Gasteiger partial charge on any atom is -0.444 e. The normalized spacial score (nSPS) is 20.1. The summed E-state index contributed by atoms with van der Waals surface area (Å²) in [5.41, 5.74) is -1.45. The molecule has 1 aliphatic rings. The zero-order chi connectivity index (χ0) is 26.1. The molecule has 11 heteroatoms. The van der Waals surface area contributed by atoms with Gasteiger partial charge in [0.2, 0.25) is 0 Å². The van der Waals surface area contributed by atoms with Crippen molar-refractivity contribution in [3.05, 3.63) is 27.4 Å². The Hall–Kier alpha value is -2.36. The number of nitrogens with zero attached hydrogens (tertiary/aromatic N) is 2. The standard InChI is InChI=1S/C23H30ClF4N3O3/c1-7-15-16(24)10-17(30-18(15)13(2)22(6,25)26)19(32)29-12-14-11-23(27,28)8-9-31(14)20(33)34-21(3,4)5/h7,10,14H,8-9,11-12H2,1-6H3,(H,29,32). The molecule has 1 saturated heterocycles. The number of rotatable bonds is 4. The fraction of sp³-hybridized carbons (Fsp3) is 0.609. The van der Waals surface area contributed by atoms with Gasteiger partial charge in [-0.1, -0.05) is 17.7 Å². The minimum absolute atomic E-state index is 0.0424. The van der Waals surface area contributed by atoms with E-state index < -0.39 is 48.3 Å². The smallest absolute Gasteiger partial charge is 0.410 e. The summed E-state index contributed by atoms with van der Waals surface area (Å²) >= 11 is 6.21. The summed E-state index contributed by atoms with van der Waals surface area (Å²) in [6.45, 7) is 7.92. The van der Waals surface area contributed by atoms with E-state index in [1.54, 1.807) is 27.7 Å². The summed E-state index contributed by atoms with van der Waals surface area (Å²) in [4.78, 5) is 30.5. The second-order valence-corrected chi connectivity index (χ2v) is 9.81. The summed E-state index contributed by atoms with van der Waals surface area (Å²) in [7, 11) is 0. The molecule has 1 atom stereocenters. The van der Waals surface area contributed by atoms with Gasteiger partial charge in [-0.2, -0.15) is 0 Å². The van der Waals surface area contributed by atoms with Gasteiger partial charge in [0.1, 0.15) is 11.3 Å². The van der Waals surface area contributed by atoms with Gasteiger partial charge in [0.15, 0.2) is 0 Å². The number of ether oxygens (including phenoxy) is 1. The van der Waals surface area contributed by atoms with Crippen LogP contribution in [0.3, 0.4) is 0 Å². The van der Waals surface area contributed by atoms with Gasteiger partial charge < -0.3 is 15.0 Å². The number of nitrogens with one attached hydrogen (secondary N) is 1. The molecule has 1 unspecified atom stereocenters. The molecule has 2 heterocycles. The zero-order valence-electron chi connectivity index (χ0n) is 20.1. The molecular weight excluding hydrogens is 478 g/mol. The van der Waals surface area contributed by atoms with Crippen molar-refractivity contribution in [1.82, 2.24) is 15.2 Å². The first kappa shape index (κ1) is 27.9. The van der Waals surface area contributed by atoms with Crippen LogP contribution < -0.4 is 15.9 Å². The van der Waals surface area contributed by atoms with Crippen LogP contribution >= 0.6 is 11.6 Å². The number of hydrogen-bond donors (Lipinski definition) is 1. The summed E-state index contributed by atoms with van der Waals surface area (Å²) in [5, 5.41) is 2.63. The molecule has 0 bridgehead atoms. The number of halogens is 5. The lowest BCUT2D eigenvalue weighted by Gasteiger charge is -2.39. The van der Waals surface area contributed by atoms with Gasteiger partial charge in [-0.15, -0.1) is 0 Å². The Morgan fingerprint density at radius 3 is 2.47 bits per heavy atom. The third kappa shape index (κ3) is 7.07. The van der Waals surface area contributed by atoms with Crippen molar-refractivity contribution in [1.29, 1.82) is 0 Å². The number of carbonyl (C=O) groups excluding carboxylic acids is 2. The first-order valence-corrected chi connectivity index (χ1v) is 11.2. The first-order chi connectivity index (χ1) is 15.4. The molecule has 34 heavy (non-hydrogen) atoms. The summed E-state index contributed by atoms with van der Waals surface area (Å²) < 4.78 is 61.3. The highest BCUT2D eigenvalue weighted by Gasteiger charge is 2.43. The number of alkyl halides is 4. The van der Waals surface area contributed by atoms with E-state index >= 15 is 0 Å². The molecule has 0 saturated carbocycles. The van der Waals surface area contributed by atoms with Crippen LogP contribution in [0.25, 0.3) is 11.6 Å². The number of piperidine rings is 1. The number of amides is 2. The van der Waals surface area contributed by atoms with Crippen LogP contribution in [0.2, 0.25) is 5.02 Å². The maximum Gasteiger partial charge on any atom is 0.410 e. The molecule has 190 valence electrons. The minimum atomic E-state index is -3.20. The average Bonchev–Trinajstić information content (AvgIpc) is 2.68. The van der Waals surface area contributed by atoms with E-state index in [1.807, 2.05) is 0 Å². The number of likely N-dealkylation sites (tertiary alicyclic amines) is 1. The molecule has 0 aromatic carbocycles. The second kappa shape index (κ2) is 10.1. The van der Waals surface area contributed by atoms with Crippen molar-refractivity contribution in [3.63, 3.8) is 0 Å². The number of carbonyl (C=O) groups is 2. The summed E-state index contributed by atoms with van der Waals surface area (Å²) in [6.07, 6.45) is -0.439. The van der Waals surface area contributed by atoms with Gasteiger partial charge in [-0.3, -0.25) is 4.79 Å². The highest BCUT2D eigenvalue weighted by Crippen LogP contribution is 2.32. The van der Waals surface area contributed by atoms with E-state index in [0.29, 0.717) is 6.92 Å². The summed E-state index contributed by atoms with van der Waals surface area (Å²) in [5.74, 6) is -7.01. The lowest BCUT2D eigenvalue weighted by Crippen LogP contribution is -2.55. The molecule has 1 aliphatic heterocycles. The Labute approximate surface area is 201 Å². The van der Waals surface area contributed by atoms with E-state index in [0.717, 1.165) is 0 Å². The maximum atomic E-state index is 14.1. The quantitative estimate of drug-likeness (QED) is 0.622. The lowest BCUT2D eigenvalue weighted by atomic mass is 9.98.